The Hall–Kier alpha value is -4.10. The van der Waals surface area contributed by atoms with Gasteiger partial charge in [0.15, 0.2) is 5.69 Å². The summed E-state index contributed by atoms with van der Waals surface area (Å²) >= 11 is 0.771. The molecule has 4 N–H and O–H groups in total. The summed E-state index contributed by atoms with van der Waals surface area (Å²) in [5.74, 6) is -1.69. The Kier molecular flexibility index (Phi) is 7.19. The molecule has 1 aliphatic rings. The van der Waals surface area contributed by atoms with Gasteiger partial charge in [0.1, 0.15) is 16.4 Å². The number of thiazole rings is 1. The van der Waals surface area contributed by atoms with Crippen LogP contribution in [0.15, 0.2) is 46.8 Å². The maximum absolute atomic E-state index is 13.3. The Labute approximate surface area is 229 Å². The van der Waals surface area contributed by atoms with E-state index in [1.54, 1.807) is 16.7 Å². The molecule has 9 nitrogen and oxygen atoms in total. The molecule has 0 saturated heterocycles. The molecule has 2 atom stereocenters. The number of nitrogens with one attached hydrogen (secondary N) is 1. The average Bonchev–Trinajstić information content (AvgIpc) is 3.40. The van der Waals surface area contributed by atoms with Crippen LogP contribution in [0, 0.1) is 0 Å². The predicted molar refractivity (Wildman–Crippen MR) is 144 cm³/mol. The number of carboxylic acid groups (broad SMARTS) is 1. The number of anilines is 1. The number of aromatic carboxylic acids is 1. The largest absolute Gasteiger partial charge is 0.477 e. The first-order chi connectivity index (χ1) is 18.9. The van der Waals surface area contributed by atoms with Crippen molar-refractivity contribution in [3.8, 4) is 21.7 Å². The van der Waals surface area contributed by atoms with E-state index in [1.807, 2.05) is 0 Å². The van der Waals surface area contributed by atoms with Crippen molar-refractivity contribution < 1.29 is 27.9 Å². The summed E-state index contributed by atoms with van der Waals surface area (Å²) in [5.41, 5.74) is 5.73. The Morgan fingerprint density at radius 2 is 1.93 bits per heavy atom. The summed E-state index contributed by atoms with van der Waals surface area (Å²) < 4.78 is 41.7. The number of aromatic nitrogens is 3. The Morgan fingerprint density at radius 1 is 1.18 bits per heavy atom. The van der Waals surface area contributed by atoms with Crippen LogP contribution < -0.4 is 16.5 Å². The van der Waals surface area contributed by atoms with Crippen LogP contribution in [0.3, 0.4) is 0 Å². The zero-order chi connectivity index (χ0) is 28.8. The molecule has 208 valence electrons. The molecule has 0 radical (unpaired) electrons. The number of rotatable bonds is 5. The fourth-order valence-electron chi connectivity index (χ4n) is 5.07. The standard InChI is InChI=1S/C27H24F3N5O4S/c1-13(36)33-23-9-15(25-34-22(12-40-25)27(28,29)30)17(10-32-23)14-6-7-20-16(8-14)24(37)18(26(38)39)11-35(20)21-5-3-2-4-19(21)31/h6-12,19,21H,2-5,31H2,1H3,(H,38,39)(H,32,33,36)/t19-,21-/m0/s1. The maximum Gasteiger partial charge on any atom is 0.434 e. The lowest BCUT2D eigenvalue weighted by atomic mass is 9.90. The summed E-state index contributed by atoms with van der Waals surface area (Å²) in [7, 11) is 0. The van der Waals surface area contributed by atoms with Crippen molar-refractivity contribution in [2.45, 2.75) is 50.9 Å². The number of alkyl halides is 3. The smallest absolute Gasteiger partial charge is 0.434 e. The van der Waals surface area contributed by atoms with Crippen LogP contribution in [0.5, 0.6) is 0 Å². The summed E-state index contributed by atoms with van der Waals surface area (Å²) in [6.45, 7) is 1.27. The van der Waals surface area contributed by atoms with Gasteiger partial charge in [-0.15, -0.1) is 11.3 Å². The third kappa shape index (κ3) is 5.21. The molecule has 0 unspecified atom stereocenters. The number of hydrogen-bond acceptors (Lipinski definition) is 7. The third-order valence-electron chi connectivity index (χ3n) is 6.95. The van der Waals surface area contributed by atoms with Crippen molar-refractivity contribution in [3.63, 3.8) is 0 Å². The monoisotopic (exact) mass is 571 g/mol. The number of carbonyl (C=O) groups excluding carboxylic acids is 1. The molecule has 0 spiro atoms. The first-order valence-corrected chi connectivity index (χ1v) is 13.3. The molecule has 1 amide bonds. The van der Waals surface area contributed by atoms with E-state index in [0.717, 1.165) is 42.4 Å². The normalized spacial score (nSPS) is 17.6. The molecule has 1 fully saturated rings. The molecule has 0 bridgehead atoms. The molecule has 1 aliphatic carbocycles. The SMILES string of the molecule is CC(=O)Nc1cc(-c2nc(C(F)(F)F)cs2)c(-c2ccc3c(c2)c(=O)c(C(=O)O)cn3[C@H]2CCCC[C@@H]2N)cn1. The molecule has 5 rings (SSSR count). The molecule has 3 heterocycles. The number of carbonyl (C=O) groups is 2. The minimum Gasteiger partial charge on any atom is -0.477 e. The molecule has 13 heteroatoms. The van der Waals surface area contributed by atoms with E-state index in [2.05, 4.69) is 15.3 Å². The Morgan fingerprint density at radius 3 is 2.58 bits per heavy atom. The number of amides is 1. The third-order valence-corrected chi connectivity index (χ3v) is 7.82. The fourth-order valence-corrected chi connectivity index (χ4v) is 5.93. The number of halogens is 3. The van der Waals surface area contributed by atoms with Crippen LogP contribution >= 0.6 is 11.3 Å². The maximum atomic E-state index is 13.3. The second kappa shape index (κ2) is 10.5. The molecular weight excluding hydrogens is 547 g/mol. The van der Waals surface area contributed by atoms with Crippen LogP contribution in [0.25, 0.3) is 32.6 Å². The van der Waals surface area contributed by atoms with Gasteiger partial charge in [0.05, 0.1) is 5.52 Å². The van der Waals surface area contributed by atoms with Crippen LogP contribution in [0.4, 0.5) is 19.0 Å². The van der Waals surface area contributed by atoms with E-state index in [1.165, 1.54) is 31.5 Å². The minimum atomic E-state index is -4.65. The van der Waals surface area contributed by atoms with Gasteiger partial charge in [-0.25, -0.2) is 14.8 Å². The topological polar surface area (TPSA) is 140 Å². The van der Waals surface area contributed by atoms with Crippen LogP contribution in [0.1, 0.15) is 54.7 Å². The van der Waals surface area contributed by atoms with Crippen LogP contribution in [-0.4, -0.2) is 37.6 Å². The summed E-state index contributed by atoms with van der Waals surface area (Å²) in [4.78, 5) is 44.9. The number of nitrogens with zero attached hydrogens (tertiary/aromatic N) is 3. The van der Waals surface area contributed by atoms with Gasteiger partial charge < -0.3 is 20.7 Å². The number of pyridine rings is 2. The van der Waals surface area contributed by atoms with Crippen molar-refractivity contribution in [2.24, 2.45) is 5.73 Å². The van der Waals surface area contributed by atoms with Crippen molar-refractivity contribution >= 4 is 39.9 Å². The molecule has 3 aromatic heterocycles. The molecule has 1 saturated carbocycles. The van der Waals surface area contributed by atoms with E-state index in [4.69, 9.17) is 5.73 Å². The number of carboxylic acids is 1. The Balaban J connectivity index is 1.72. The van der Waals surface area contributed by atoms with Crippen LogP contribution in [-0.2, 0) is 11.0 Å². The number of hydrogen-bond donors (Lipinski definition) is 3. The summed E-state index contributed by atoms with van der Waals surface area (Å²) in [6, 6.07) is 5.85. The lowest BCUT2D eigenvalue weighted by molar-refractivity contribution is -0.140. The van der Waals surface area contributed by atoms with E-state index >= 15 is 0 Å². The molecule has 0 aliphatic heterocycles. The molecule has 4 aromatic rings. The highest BCUT2D eigenvalue weighted by Crippen LogP contribution is 2.39. The minimum absolute atomic E-state index is 0.0290. The van der Waals surface area contributed by atoms with E-state index in [9.17, 15) is 32.7 Å². The highest BCUT2D eigenvalue weighted by molar-refractivity contribution is 7.13. The van der Waals surface area contributed by atoms with Gasteiger partial charge in [-0.3, -0.25) is 9.59 Å². The fraction of sp³-hybridized carbons (Fsp3) is 0.296. The number of benzene rings is 1. The van der Waals surface area contributed by atoms with Gasteiger partial charge in [0.25, 0.3) is 0 Å². The first kappa shape index (κ1) is 27.5. The van der Waals surface area contributed by atoms with E-state index in [0.29, 0.717) is 16.6 Å². The van der Waals surface area contributed by atoms with Gasteiger partial charge in [-0.2, -0.15) is 13.2 Å². The van der Waals surface area contributed by atoms with Gasteiger partial charge in [0, 0.05) is 53.3 Å². The van der Waals surface area contributed by atoms with E-state index < -0.39 is 34.7 Å². The van der Waals surface area contributed by atoms with Crippen molar-refractivity contribution in [1.82, 2.24) is 14.5 Å². The predicted octanol–water partition coefficient (Wildman–Crippen LogP) is 5.30. The summed E-state index contributed by atoms with van der Waals surface area (Å²) in [6.07, 6.45) is 1.42. The van der Waals surface area contributed by atoms with Gasteiger partial charge in [-0.05, 0) is 36.6 Å². The van der Waals surface area contributed by atoms with Gasteiger partial charge in [-0.1, -0.05) is 18.9 Å². The highest BCUT2D eigenvalue weighted by atomic mass is 32.1. The zero-order valence-corrected chi connectivity index (χ0v) is 22.0. The molecular formula is C27H24F3N5O4S. The lowest BCUT2D eigenvalue weighted by Crippen LogP contribution is -2.36. The number of nitrogens with two attached hydrogens (primary N) is 1. The van der Waals surface area contributed by atoms with Gasteiger partial charge >= 0.3 is 12.1 Å². The van der Waals surface area contributed by atoms with Crippen molar-refractivity contribution in [2.75, 3.05) is 5.32 Å². The molecule has 40 heavy (non-hydrogen) atoms. The second-order valence-electron chi connectivity index (χ2n) is 9.66. The van der Waals surface area contributed by atoms with E-state index in [-0.39, 0.29) is 33.9 Å². The van der Waals surface area contributed by atoms with Crippen LogP contribution in [0.2, 0.25) is 0 Å². The first-order valence-electron chi connectivity index (χ1n) is 12.4. The second-order valence-corrected chi connectivity index (χ2v) is 10.5. The van der Waals surface area contributed by atoms with Crippen molar-refractivity contribution in [3.05, 3.63) is 63.5 Å². The number of fused-ring (bicyclic) bond motifs is 1. The quantitative estimate of drug-likeness (QED) is 0.295. The highest BCUT2D eigenvalue weighted by Gasteiger charge is 2.34. The molecule has 1 aromatic carbocycles. The zero-order valence-electron chi connectivity index (χ0n) is 21.2. The Bertz CT molecular complexity index is 1700. The van der Waals surface area contributed by atoms with Gasteiger partial charge in [0.2, 0.25) is 11.3 Å². The average molecular weight is 572 g/mol. The van der Waals surface area contributed by atoms with Crippen molar-refractivity contribution in [1.29, 1.82) is 0 Å². The lowest BCUT2D eigenvalue weighted by Gasteiger charge is -2.32. The summed E-state index contributed by atoms with van der Waals surface area (Å²) in [5, 5.41) is 13.3.